The molecule has 0 bridgehead atoms. The number of rotatable bonds is 3. The molecule has 0 saturated heterocycles. The summed E-state index contributed by atoms with van der Waals surface area (Å²) in [6, 6.07) is 5.93. The SMILES string of the molecule is Cc1cccc(C=CCCO)c1N. The molecule has 0 amide bonds. The highest BCUT2D eigenvalue weighted by Crippen LogP contribution is 2.17. The molecule has 0 aliphatic rings. The van der Waals surface area contributed by atoms with Gasteiger partial charge in [-0.05, 0) is 24.5 Å². The summed E-state index contributed by atoms with van der Waals surface area (Å²) in [7, 11) is 0. The Labute approximate surface area is 78.7 Å². The van der Waals surface area contributed by atoms with Crippen molar-refractivity contribution in [3.05, 3.63) is 35.4 Å². The Kier molecular flexibility index (Phi) is 3.53. The first-order chi connectivity index (χ1) is 6.25. The number of hydrogen-bond acceptors (Lipinski definition) is 2. The molecule has 1 rings (SSSR count). The number of para-hydroxylation sites is 1. The van der Waals surface area contributed by atoms with Crippen LogP contribution in [0.2, 0.25) is 0 Å². The fraction of sp³-hybridized carbons (Fsp3) is 0.273. The molecule has 0 radical (unpaired) electrons. The van der Waals surface area contributed by atoms with Crippen molar-refractivity contribution in [2.75, 3.05) is 12.3 Å². The Morgan fingerprint density at radius 1 is 1.46 bits per heavy atom. The van der Waals surface area contributed by atoms with Crippen LogP contribution < -0.4 is 5.73 Å². The maximum absolute atomic E-state index is 8.59. The molecule has 1 aromatic rings. The van der Waals surface area contributed by atoms with E-state index < -0.39 is 0 Å². The van der Waals surface area contributed by atoms with Crippen molar-refractivity contribution in [2.45, 2.75) is 13.3 Å². The molecule has 0 unspecified atom stereocenters. The van der Waals surface area contributed by atoms with Crippen molar-refractivity contribution >= 4 is 11.8 Å². The van der Waals surface area contributed by atoms with Gasteiger partial charge in [0, 0.05) is 12.3 Å². The second-order valence-electron chi connectivity index (χ2n) is 2.99. The third-order valence-corrected chi connectivity index (χ3v) is 1.95. The Morgan fingerprint density at radius 3 is 2.92 bits per heavy atom. The van der Waals surface area contributed by atoms with Crippen molar-refractivity contribution in [1.82, 2.24) is 0 Å². The molecule has 0 aliphatic carbocycles. The summed E-state index contributed by atoms with van der Waals surface area (Å²) < 4.78 is 0. The largest absolute Gasteiger partial charge is 0.398 e. The van der Waals surface area contributed by atoms with Crippen LogP contribution in [0, 0.1) is 6.92 Å². The van der Waals surface area contributed by atoms with Gasteiger partial charge in [0.05, 0.1) is 0 Å². The van der Waals surface area contributed by atoms with E-state index >= 15 is 0 Å². The Balaban J connectivity index is 2.83. The van der Waals surface area contributed by atoms with E-state index in [0.29, 0.717) is 6.42 Å². The van der Waals surface area contributed by atoms with Gasteiger partial charge in [-0.15, -0.1) is 0 Å². The van der Waals surface area contributed by atoms with E-state index in [1.165, 1.54) is 0 Å². The number of nitrogen functional groups attached to an aromatic ring is 1. The topological polar surface area (TPSA) is 46.2 Å². The lowest BCUT2D eigenvalue weighted by molar-refractivity contribution is 0.303. The first-order valence-corrected chi connectivity index (χ1v) is 4.38. The standard InChI is InChI=1S/C11H15NO/c1-9-5-4-7-10(11(9)12)6-2-3-8-13/h2,4-7,13H,3,8,12H2,1H3. The van der Waals surface area contributed by atoms with Gasteiger partial charge in [-0.25, -0.2) is 0 Å². The minimum atomic E-state index is 0.183. The average Bonchev–Trinajstić information content (AvgIpc) is 2.13. The highest BCUT2D eigenvalue weighted by atomic mass is 16.2. The molecule has 0 fully saturated rings. The summed E-state index contributed by atoms with van der Waals surface area (Å²) in [6.45, 7) is 2.17. The van der Waals surface area contributed by atoms with Gasteiger partial charge < -0.3 is 10.8 Å². The normalized spacial score (nSPS) is 10.9. The van der Waals surface area contributed by atoms with Crippen LogP contribution in [0.15, 0.2) is 24.3 Å². The van der Waals surface area contributed by atoms with E-state index in [-0.39, 0.29) is 6.61 Å². The van der Waals surface area contributed by atoms with Crippen LogP contribution in [0.5, 0.6) is 0 Å². The van der Waals surface area contributed by atoms with E-state index in [9.17, 15) is 0 Å². The van der Waals surface area contributed by atoms with Gasteiger partial charge in [-0.3, -0.25) is 0 Å². The van der Waals surface area contributed by atoms with Crippen molar-refractivity contribution in [1.29, 1.82) is 0 Å². The fourth-order valence-electron chi connectivity index (χ4n) is 1.13. The Morgan fingerprint density at radius 2 is 2.23 bits per heavy atom. The summed E-state index contributed by atoms with van der Waals surface area (Å²) in [5, 5.41) is 8.59. The lowest BCUT2D eigenvalue weighted by atomic mass is 10.1. The molecule has 0 saturated carbocycles. The van der Waals surface area contributed by atoms with Gasteiger partial charge in [-0.1, -0.05) is 30.4 Å². The highest BCUT2D eigenvalue weighted by molar-refractivity contribution is 5.67. The predicted octanol–water partition coefficient (Wildman–Crippen LogP) is 1.97. The molecule has 0 heterocycles. The van der Waals surface area contributed by atoms with Crippen LogP contribution >= 0.6 is 0 Å². The number of aryl methyl sites for hydroxylation is 1. The van der Waals surface area contributed by atoms with Gasteiger partial charge in [0.1, 0.15) is 0 Å². The third-order valence-electron chi connectivity index (χ3n) is 1.95. The fourth-order valence-corrected chi connectivity index (χ4v) is 1.13. The molecule has 2 heteroatoms. The van der Waals surface area contributed by atoms with Crippen LogP contribution in [-0.2, 0) is 0 Å². The first kappa shape index (κ1) is 9.81. The van der Waals surface area contributed by atoms with Crippen molar-refractivity contribution in [2.24, 2.45) is 0 Å². The van der Waals surface area contributed by atoms with Gasteiger partial charge >= 0.3 is 0 Å². The molecule has 0 aromatic heterocycles. The average molecular weight is 177 g/mol. The minimum Gasteiger partial charge on any atom is -0.398 e. The Hall–Kier alpha value is -1.28. The smallest absolute Gasteiger partial charge is 0.0465 e. The number of aliphatic hydroxyl groups is 1. The number of nitrogens with two attached hydrogens (primary N) is 1. The number of anilines is 1. The summed E-state index contributed by atoms with van der Waals surface area (Å²) in [5.74, 6) is 0. The van der Waals surface area contributed by atoms with E-state index in [4.69, 9.17) is 10.8 Å². The first-order valence-electron chi connectivity index (χ1n) is 4.38. The summed E-state index contributed by atoms with van der Waals surface area (Å²) >= 11 is 0. The van der Waals surface area contributed by atoms with E-state index in [0.717, 1.165) is 16.8 Å². The minimum absolute atomic E-state index is 0.183. The molecular weight excluding hydrogens is 162 g/mol. The van der Waals surface area contributed by atoms with E-state index in [1.807, 2.05) is 37.3 Å². The molecular formula is C11H15NO. The van der Waals surface area contributed by atoms with Crippen LogP contribution in [0.1, 0.15) is 17.5 Å². The molecule has 0 atom stereocenters. The second kappa shape index (κ2) is 4.67. The predicted molar refractivity (Wildman–Crippen MR) is 56.3 cm³/mol. The monoisotopic (exact) mass is 177 g/mol. The summed E-state index contributed by atoms with van der Waals surface area (Å²) in [5.41, 5.74) is 8.78. The van der Waals surface area contributed by atoms with E-state index in [1.54, 1.807) is 0 Å². The van der Waals surface area contributed by atoms with Crippen LogP contribution in [0.4, 0.5) is 5.69 Å². The van der Waals surface area contributed by atoms with Crippen LogP contribution in [0.25, 0.3) is 6.08 Å². The molecule has 70 valence electrons. The lowest BCUT2D eigenvalue weighted by Crippen LogP contribution is -1.92. The Bertz CT molecular complexity index is 305. The molecule has 0 spiro atoms. The number of benzene rings is 1. The zero-order valence-corrected chi connectivity index (χ0v) is 7.83. The quantitative estimate of drug-likeness (QED) is 0.693. The van der Waals surface area contributed by atoms with Crippen molar-refractivity contribution in [3.63, 3.8) is 0 Å². The molecule has 2 nitrogen and oxygen atoms in total. The van der Waals surface area contributed by atoms with Crippen LogP contribution in [-0.4, -0.2) is 11.7 Å². The zero-order chi connectivity index (χ0) is 9.68. The van der Waals surface area contributed by atoms with Crippen molar-refractivity contribution < 1.29 is 5.11 Å². The van der Waals surface area contributed by atoms with Crippen molar-refractivity contribution in [3.8, 4) is 0 Å². The highest BCUT2D eigenvalue weighted by Gasteiger charge is 1.96. The second-order valence-corrected chi connectivity index (χ2v) is 2.99. The van der Waals surface area contributed by atoms with Gasteiger partial charge in [0.25, 0.3) is 0 Å². The number of hydrogen-bond donors (Lipinski definition) is 2. The van der Waals surface area contributed by atoms with E-state index in [2.05, 4.69) is 0 Å². The molecule has 13 heavy (non-hydrogen) atoms. The summed E-state index contributed by atoms with van der Waals surface area (Å²) in [4.78, 5) is 0. The lowest BCUT2D eigenvalue weighted by Gasteiger charge is -2.02. The number of aliphatic hydroxyl groups excluding tert-OH is 1. The molecule has 1 aromatic carbocycles. The van der Waals surface area contributed by atoms with Gasteiger partial charge in [0.15, 0.2) is 0 Å². The maximum Gasteiger partial charge on any atom is 0.0465 e. The van der Waals surface area contributed by atoms with Gasteiger partial charge in [0.2, 0.25) is 0 Å². The molecule has 3 N–H and O–H groups in total. The zero-order valence-electron chi connectivity index (χ0n) is 7.83. The third kappa shape index (κ3) is 2.60. The maximum atomic E-state index is 8.59. The molecule has 0 aliphatic heterocycles. The van der Waals surface area contributed by atoms with Gasteiger partial charge in [-0.2, -0.15) is 0 Å². The van der Waals surface area contributed by atoms with Crippen LogP contribution in [0.3, 0.4) is 0 Å². The summed E-state index contributed by atoms with van der Waals surface area (Å²) in [6.07, 6.45) is 4.54.